The molecule has 116 valence electrons. The predicted molar refractivity (Wildman–Crippen MR) is 83.9 cm³/mol. The molecule has 2 aromatic heterocycles. The molecule has 0 aliphatic heterocycles. The molecule has 2 aromatic carbocycles. The van der Waals surface area contributed by atoms with Crippen LogP contribution in [0.4, 0.5) is 16.4 Å². The molecule has 0 unspecified atom stereocenters. The van der Waals surface area contributed by atoms with Crippen LogP contribution in [0.25, 0.3) is 22.1 Å². The van der Waals surface area contributed by atoms with Crippen LogP contribution < -0.4 is 5.32 Å². The minimum absolute atomic E-state index is 0.0272. The molecule has 0 aliphatic rings. The molecule has 4 aromatic rings. The van der Waals surface area contributed by atoms with Crippen molar-refractivity contribution in [2.24, 2.45) is 7.05 Å². The standard InChI is InChI=1S/C16H13FN4O2/c1-21-13-6-9(8-22)2-4-11(13)18-15(21)20-16-19-12-7-10(17)3-5-14(12)23-16/h2-7,22H,8H2,1H3,(H,18,19,20). The number of aliphatic hydroxyl groups excluding tert-OH is 1. The average Bonchev–Trinajstić information content (AvgIpc) is 3.08. The number of benzene rings is 2. The van der Waals surface area contributed by atoms with Crippen molar-refractivity contribution in [1.82, 2.24) is 14.5 Å². The molecule has 0 bridgehead atoms. The number of oxazole rings is 1. The molecule has 0 atom stereocenters. The first-order chi connectivity index (χ1) is 11.1. The molecule has 23 heavy (non-hydrogen) atoms. The molecule has 4 rings (SSSR count). The maximum absolute atomic E-state index is 13.2. The molecule has 0 spiro atoms. The number of halogens is 1. The summed E-state index contributed by atoms with van der Waals surface area (Å²) in [5.74, 6) is 0.179. The molecule has 7 heteroatoms. The topological polar surface area (TPSA) is 76.1 Å². The molecular weight excluding hydrogens is 299 g/mol. The number of anilines is 2. The van der Waals surface area contributed by atoms with E-state index in [4.69, 9.17) is 4.42 Å². The van der Waals surface area contributed by atoms with Crippen LogP contribution >= 0.6 is 0 Å². The van der Waals surface area contributed by atoms with Crippen molar-refractivity contribution in [3.8, 4) is 0 Å². The van der Waals surface area contributed by atoms with Crippen LogP contribution in [0.15, 0.2) is 40.8 Å². The number of rotatable bonds is 3. The molecular formula is C16H13FN4O2. The lowest BCUT2D eigenvalue weighted by molar-refractivity contribution is 0.282. The van der Waals surface area contributed by atoms with E-state index in [0.29, 0.717) is 17.0 Å². The number of fused-ring (bicyclic) bond motifs is 2. The highest BCUT2D eigenvalue weighted by Crippen LogP contribution is 2.25. The summed E-state index contributed by atoms with van der Waals surface area (Å²) < 4.78 is 20.6. The Morgan fingerprint density at radius 1 is 1.17 bits per heavy atom. The lowest BCUT2D eigenvalue weighted by Crippen LogP contribution is -1.99. The number of aromatic nitrogens is 3. The lowest BCUT2D eigenvalue weighted by Gasteiger charge is -2.02. The van der Waals surface area contributed by atoms with Gasteiger partial charge in [0.15, 0.2) is 5.58 Å². The maximum Gasteiger partial charge on any atom is 0.302 e. The summed E-state index contributed by atoms with van der Waals surface area (Å²) in [4.78, 5) is 8.67. The third-order valence-corrected chi connectivity index (χ3v) is 3.70. The zero-order valence-corrected chi connectivity index (χ0v) is 12.2. The van der Waals surface area contributed by atoms with Gasteiger partial charge in [0.1, 0.15) is 11.3 Å². The third-order valence-electron chi connectivity index (χ3n) is 3.70. The third kappa shape index (κ3) is 2.31. The van der Waals surface area contributed by atoms with Crippen LogP contribution in [0, 0.1) is 5.82 Å². The van der Waals surface area contributed by atoms with E-state index in [0.717, 1.165) is 16.6 Å². The van der Waals surface area contributed by atoms with Crippen molar-refractivity contribution in [3.63, 3.8) is 0 Å². The van der Waals surface area contributed by atoms with Gasteiger partial charge >= 0.3 is 6.01 Å². The van der Waals surface area contributed by atoms with E-state index in [1.807, 2.05) is 29.8 Å². The van der Waals surface area contributed by atoms with E-state index in [9.17, 15) is 9.50 Å². The van der Waals surface area contributed by atoms with Gasteiger partial charge in [-0.15, -0.1) is 0 Å². The van der Waals surface area contributed by atoms with Gasteiger partial charge in [-0.25, -0.2) is 9.37 Å². The van der Waals surface area contributed by atoms with Gasteiger partial charge in [0.05, 0.1) is 17.6 Å². The molecule has 2 N–H and O–H groups in total. The second kappa shape index (κ2) is 5.06. The van der Waals surface area contributed by atoms with E-state index in [1.54, 1.807) is 0 Å². The van der Waals surface area contributed by atoms with Crippen molar-refractivity contribution in [2.75, 3.05) is 5.32 Å². The largest absolute Gasteiger partial charge is 0.423 e. The molecule has 6 nitrogen and oxygen atoms in total. The van der Waals surface area contributed by atoms with Crippen molar-refractivity contribution in [2.45, 2.75) is 6.61 Å². The second-order valence-electron chi connectivity index (χ2n) is 5.23. The zero-order valence-electron chi connectivity index (χ0n) is 12.2. The van der Waals surface area contributed by atoms with Crippen molar-refractivity contribution in [1.29, 1.82) is 0 Å². The number of imidazole rings is 1. The van der Waals surface area contributed by atoms with Crippen molar-refractivity contribution >= 4 is 34.1 Å². The highest BCUT2D eigenvalue weighted by Gasteiger charge is 2.12. The fourth-order valence-electron chi connectivity index (χ4n) is 2.50. The van der Waals surface area contributed by atoms with Crippen LogP contribution in [0.1, 0.15) is 5.56 Å². The Bertz CT molecular complexity index is 1020. The van der Waals surface area contributed by atoms with E-state index in [2.05, 4.69) is 15.3 Å². The smallest absolute Gasteiger partial charge is 0.302 e. The monoisotopic (exact) mass is 312 g/mol. The van der Waals surface area contributed by atoms with Crippen LogP contribution in [0.5, 0.6) is 0 Å². The van der Waals surface area contributed by atoms with Gasteiger partial charge in [-0.1, -0.05) is 6.07 Å². The molecule has 0 fully saturated rings. The van der Waals surface area contributed by atoms with Crippen molar-refractivity contribution in [3.05, 3.63) is 47.8 Å². The molecule has 0 radical (unpaired) electrons. The molecule has 0 aliphatic carbocycles. The Balaban J connectivity index is 1.74. The first-order valence-corrected chi connectivity index (χ1v) is 7.03. The number of aliphatic hydroxyl groups is 1. The van der Waals surface area contributed by atoms with E-state index >= 15 is 0 Å². The van der Waals surface area contributed by atoms with Gasteiger partial charge in [0.25, 0.3) is 0 Å². The van der Waals surface area contributed by atoms with Gasteiger partial charge < -0.3 is 14.1 Å². The normalized spacial score (nSPS) is 11.4. The fourth-order valence-corrected chi connectivity index (χ4v) is 2.50. The summed E-state index contributed by atoms with van der Waals surface area (Å²) in [6.45, 7) is -0.0272. The number of nitrogens with zero attached hydrogens (tertiary/aromatic N) is 3. The summed E-state index contributed by atoms with van der Waals surface area (Å²) in [5, 5.41) is 12.2. The first kappa shape index (κ1) is 13.7. The van der Waals surface area contributed by atoms with Gasteiger partial charge in [-0.05, 0) is 29.8 Å². The van der Waals surface area contributed by atoms with Crippen LogP contribution in [-0.4, -0.2) is 19.6 Å². The van der Waals surface area contributed by atoms with Crippen LogP contribution in [0.2, 0.25) is 0 Å². The maximum atomic E-state index is 13.2. The summed E-state index contributed by atoms with van der Waals surface area (Å²) in [5.41, 5.74) is 3.41. The summed E-state index contributed by atoms with van der Waals surface area (Å²) in [6, 6.07) is 9.94. The Labute approximate surface area is 130 Å². The Morgan fingerprint density at radius 2 is 2.04 bits per heavy atom. The number of hydrogen-bond acceptors (Lipinski definition) is 5. The van der Waals surface area contributed by atoms with Gasteiger partial charge in [0.2, 0.25) is 5.95 Å². The average molecular weight is 312 g/mol. The second-order valence-corrected chi connectivity index (χ2v) is 5.23. The Morgan fingerprint density at radius 3 is 2.87 bits per heavy atom. The van der Waals surface area contributed by atoms with Gasteiger partial charge in [0, 0.05) is 13.1 Å². The lowest BCUT2D eigenvalue weighted by atomic mass is 10.2. The Hall–Kier alpha value is -2.93. The summed E-state index contributed by atoms with van der Waals surface area (Å²) in [7, 11) is 1.85. The summed E-state index contributed by atoms with van der Waals surface area (Å²) >= 11 is 0. The van der Waals surface area contributed by atoms with Gasteiger partial charge in [-0.3, -0.25) is 5.32 Å². The summed E-state index contributed by atoms with van der Waals surface area (Å²) in [6.07, 6.45) is 0. The Kier molecular flexibility index (Phi) is 3.02. The molecule has 0 amide bonds. The minimum atomic E-state index is -0.364. The highest BCUT2D eigenvalue weighted by atomic mass is 19.1. The first-order valence-electron chi connectivity index (χ1n) is 7.03. The van der Waals surface area contributed by atoms with Crippen LogP contribution in [0.3, 0.4) is 0 Å². The quantitative estimate of drug-likeness (QED) is 0.608. The van der Waals surface area contributed by atoms with Crippen LogP contribution in [-0.2, 0) is 13.7 Å². The van der Waals surface area contributed by atoms with Gasteiger partial charge in [-0.2, -0.15) is 4.98 Å². The molecule has 0 saturated carbocycles. The fraction of sp³-hybridized carbons (Fsp3) is 0.125. The number of nitrogens with one attached hydrogen (secondary N) is 1. The molecule has 2 heterocycles. The zero-order chi connectivity index (χ0) is 16.0. The molecule has 0 saturated heterocycles. The van der Waals surface area contributed by atoms with E-state index in [-0.39, 0.29) is 18.4 Å². The van der Waals surface area contributed by atoms with E-state index in [1.165, 1.54) is 18.2 Å². The highest BCUT2D eigenvalue weighted by molar-refractivity contribution is 5.80. The number of hydrogen-bond donors (Lipinski definition) is 2. The van der Waals surface area contributed by atoms with Crippen molar-refractivity contribution < 1.29 is 13.9 Å². The SMILES string of the molecule is Cn1c(Nc2nc3cc(F)ccc3o2)nc2ccc(CO)cc21. The number of aryl methyl sites for hydroxylation is 1. The predicted octanol–water partition coefficient (Wildman–Crippen LogP) is 3.09. The minimum Gasteiger partial charge on any atom is -0.423 e. The van der Waals surface area contributed by atoms with E-state index < -0.39 is 0 Å².